The van der Waals surface area contributed by atoms with Crippen molar-refractivity contribution < 1.29 is 4.79 Å². The predicted octanol–water partition coefficient (Wildman–Crippen LogP) is 3.11. The minimum atomic E-state index is 0.0119. The number of hydrogen-bond donors (Lipinski definition) is 1. The fourth-order valence-corrected chi connectivity index (χ4v) is 2.78. The lowest BCUT2D eigenvalue weighted by Gasteiger charge is -2.25. The molecule has 0 aromatic heterocycles. The van der Waals surface area contributed by atoms with Gasteiger partial charge in [0.15, 0.2) is 0 Å². The predicted molar refractivity (Wildman–Crippen MR) is 81.0 cm³/mol. The van der Waals surface area contributed by atoms with Crippen molar-refractivity contribution >= 4 is 21.8 Å². The van der Waals surface area contributed by atoms with Gasteiger partial charge in [-0.05, 0) is 44.0 Å². The van der Waals surface area contributed by atoms with Crippen LogP contribution in [0.2, 0.25) is 0 Å². The fraction of sp³-hybridized carbons (Fsp3) is 0.533. The first kappa shape index (κ1) is 14.5. The Morgan fingerprint density at radius 2 is 2.11 bits per heavy atom. The van der Waals surface area contributed by atoms with Gasteiger partial charge in [-0.25, -0.2) is 0 Å². The zero-order valence-corrected chi connectivity index (χ0v) is 13.1. The van der Waals surface area contributed by atoms with Crippen molar-refractivity contribution in [2.45, 2.75) is 38.8 Å². The SMILES string of the molecule is CCCNC1CCN(C(C)c2ccc(Br)cc2)C1=O. The molecule has 1 N–H and O–H groups in total. The Morgan fingerprint density at radius 3 is 2.74 bits per heavy atom. The molecule has 0 aliphatic carbocycles. The number of benzene rings is 1. The third-order valence-corrected chi connectivity index (χ3v) is 4.23. The Morgan fingerprint density at radius 1 is 1.42 bits per heavy atom. The minimum Gasteiger partial charge on any atom is -0.335 e. The lowest BCUT2D eigenvalue weighted by molar-refractivity contribution is -0.131. The van der Waals surface area contributed by atoms with Crippen molar-refractivity contribution in [3.05, 3.63) is 34.3 Å². The average molecular weight is 325 g/mol. The van der Waals surface area contributed by atoms with Crippen molar-refractivity contribution in [1.29, 1.82) is 0 Å². The second-order valence-electron chi connectivity index (χ2n) is 5.05. The highest BCUT2D eigenvalue weighted by atomic mass is 79.9. The maximum absolute atomic E-state index is 12.3. The van der Waals surface area contributed by atoms with Gasteiger partial charge in [-0.2, -0.15) is 0 Å². The van der Waals surface area contributed by atoms with Crippen molar-refractivity contribution in [1.82, 2.24) is 10.2 Å². The topological polar surface area (TPSA) is 32.3 Å². The number of hydrogen-bond acceptors (Lipinski definition) is 2. The largest absolute Gasteiger partial charge is 0.335 e. The molecule has 2 unspecified atom stereocenters. The van der Waals surface area contributed by atoms with Crippen LogP contribution in [0.4, 0.5) is 0 Å². The molecule has 104 valence electrons. The highest BCUT2D eigenvalue weighted by molar-refractivity contribution is 9.10. The first-order valence-corrected chi connectivity index (χ1v) is 7.72. The highest BCUT2D eigenvalue weighted by Gasteiger charge is 2.34. The molecule has 1 aromatic rings. The van der Waals surface area contributed by atoms with E-state index in [4.69, 9.17) is 0 Å². The van der Waals surface area contributed by atoms with Crippen LogP contribution >= 0.6 is 15.9 Å². The molecule has 1 aliphatic rings. The summed E-state index contributed by atoms with van der Waals surface area (Å²) < 4.78 is 1.07. The molecule has 0 spiro atoms. The summed E-state index contributed by atoms with van der Waals surface area (Å²) in [6, 6.07) is 8.37. The summed E-state index contributed by atoms with van der Waals surface area (Å²) in [4.78, 5) is 14.3. The Labute approximate surface area is 123 Å². The molecule has 1 amide bonds. The van der Waals surface area contributed by atoms with Crippen LogP contribution in [0.15, 0.2) is 28.7 Å². The molecule has 3 nitrogen and oxygen atoms in total. The van der Waals surface area contributed by atoms with E-state index in [1.54, 1.807) is 0 Å². The molecular formula is C15H21BrN2O. The summed E-state index contributed by atoms with van der Waals surface area (Å²) in [7, 11) is 0. The van der Waals surface area contributed by atoms with Gasteiger partial charge < -0.3 is 10.2 Å². The number of nitrogens with zero attached hydrogens (tertiary/aromatic N) is 1. The third kappa shape index (κ3) is 3.37. The molecule has 1 aromatic carbocycles. The van der Waals surface area contributed by atoms with Gasteiger partial charge in [0, 0.05) is 11.0 Å². The zero-order chi connectivity index (χ0) is 13.8. The lowest BCUT2D eigenvalue weighted by Crippen LogP contribution is -2.39. The average Bonchev–Trinajstić information content (AvgIpc) is 2.78. The number of carbonyl (C=O) groups is 1. The standard InChI is InChI=1S/C15H21BrN2O/c1-3-9-17-14-8-10-18(15(14)19)11(2)12-4-6-13(16)7-5-12/h4-7,11,14,17H,3,8-10H2,1-2H3. The fourth-order valence-electron chi connectivity index (χ4n) is 2.52. The van der Waals surface area contributed by atoms with E-state index in [-0.39, 0.29) is 18.0 Å². The highest BCUT2D eigenvalue weighted by Crippen LogP contribution is 2.26. The van der Waals surface area contributed by atoms with Gasteiger partial charge in [0.25, 0.3) is 0 Å². The van der Waals surface area contributed by atoms with Crippen LogP contribution < -0.4 is 5.32 Å². The molecular weight excluding hydrogens is 304 g/mol. The molecule has 0 saturated carbocycles. The van der Waals surface area contributed by atoms with Crippen LogP contribution in [0.1, 0.15) is 38.3 Å². The van der Waals surface area contributed by atoms with Crippen LogP contribution in [0.3, 0.4) is 0 Å². The van der Waals surface area contributed by atoms with E-state index in [1.165, 1.54) is 5.56 Å². The Kier molecular flexibility index (Phi) is 4.99. The zero-order valence-electron chi connectivity index (χ0n) is 11.5. The normalized spacial score (nSPS) is 20.9. The molecule has 2 rings (SSSR count). The summed E-state index contributed by atoms with van der Waals surface area (Å²) in [5.41, 5.74) is 1.19. The van der Waals surface area contributed by atoms with Gasteiger partial charge >= 0.3 is 0 Å². The summed E-state index contributed by atoms with van der Waals surface area (Å²) >= 11 is 3.44. The second kappa shape index (κ2) is 6.53. The number of rotatable bonds is 5. The Hall–Kier alpha value is -0.870. The van der Waals surface area contributed by atoms with Crippen LogP contribution in [0, 0.1) is 0 Å². The van der Waals surface area contributed by atoms with E-state index in [1.807, 2.05) is 17.0 Å². The second-order valence-corrected chi connectivity index (χ2v) is 5.97. The first-order chi connectivity index (χ1) is 9.13. The third-order valence-electron chi connectivity index (χ3n) is 3.70. The van der Waals surface area contributed by atoms with E-state index < -0.39 is 0 Å². The summed E-state index contributed by atoms with van der Waals surface area (Å²) in [6.07, 6.45) is 1.98. The summed E-state index contributed by atoms with van der Waals surface area (Å²) in [6.45, 7) is 5.98. The molecule has 1 aliphatic heterocycles. The molecule has 1 fully saturated rings. The van der Waals surface area contributed by atoms with Gasteiger partial charge in [-0.15, -0.1) is 0 Å². The molecule has 0 radical (unpaired) electrons. The van der Waals surface area contributed by atoms with E-state index in [2.05, 4.69) is 47.2 Å². The number of likely N-dealkylation sites (tertiary alicyclic amines) is 1. The molecule has 0 bridgehead atoms. The van der Waals surface area contributed by atoms with Gasteiger partial charge in [0.2, 0.25) is 5.91 Å². The van der Waals surface area contributed by atoms with E-state index in [0.29, 0.717) is 0 Å². The molecule has 1 heterocycles. The van der Waals surface area contributed by atoms with Crippen molar-refractivity contribution in [3.63, 3.8) is 0 Å². The summed E-state index contributed by atoms with van der Waals surface area (Å²) in [5, 5.41) is 3.33. The van der Waals surface area contributed by atoms with Gasteiger partial charge in [0.05, 0.1) is 12.1 Å². The lowest BCUT2D eigenvalue weighted by atomic mass is 10.1. The molecule has 19 heavy (non-hydrogen) atoms. The maximum atomic E-state index is 12.3. The van der Waals surface area contributed by atoms with E-state index >= 15 is 0 Å². The van der Waals surface area contributed by atoms with E-state index in [9.17, 15) is 4.79 Å². The minimum absolute atomic E-state index is 0.0119. The van der Waals surface area contributed by atoms with Crippen molar-refractivity contribution in [2.24, 2.45) is 0 Å². The monoisotopic (exact) mass is 324 g/mol. The maximum Gasteiger partial charge on any atom is 0.240 e. The van der Waals surface area contributed by atoms with Crippen molar-refractivity contribution in [3.8, 4) is 0 Å². The van der Waals surface area contributed by atoms with Crippen LogP contribution in [-0.4, -0.2) is 29.9 Å². The van der Waals surface area contributed by atoms with Crippen LogP contribution in [0.5, 0.6) is 0 Å². The Bertz CT molecular complexity index is 432. The van der Waals surface area contributed by atoms with Gasteiger partial charge in [-0.3, -0.25) is 4.79 Å². The van der Waals surface area contributed by atoms with E-state index in [0.717, 1.165) is 30.4 Å². The molecule has 4 heteroatoms. The number of halogens is 1. The first-order valence-electron chi connectivity index (χ1n) is 6.92. The smallest absolute Gasteiger partial charge is 0.240 e. The van der Waals surface area contributed by atoms with Crippen LogP contribution in [0.25, 0.3) is 0 Å². The van der Waals surface area contributed by atoms with Crippen molar-refractivity contribution in [2.75, 3.05) is 13.1 Å². The molecule has 2 atom stereocenters. The molecule has 1 saturated heterocycles. The number of carbonyl (C=O) groups excluding carboxylic acids is 1. The Balaban J connectivity index is 2.02. The number of nitrogens with one attached hydrogen (secondary N) is 1. The van der Waals surface area contributed by atoms with Crippen LogP contribution in [-0.2, 0) is 4.79 Å². The number of amides is 1. The quantitative estimate of drug-likeness (QED) is 0.902. The summed E-state index contributed by atoms with van der Waals surface area (Å²) in [5.74, 6) is 0.240. The van der Waals surface area contributed by atoms with Gasteiger partial charge in [-0.1, -0.05) is 35.0 Å². The van der Waals surface area contributed by atoms with Gasteiger partial charge in [0.1, 0.15) is 0 Å².